The van der Waals surface area contributed by atoms with Crippen LogP contribution >= 0.6 is 0 Å². The van der Waals surface area contributed by atoms with Crippen molar-refractivity contribution in [1.29, 1.82) is 5.26 Å². The topological polar surface area (TPSA) is 107 Å². The van der Waals surface area contributed by atoms with Crippen LogP contribution in [0, 0.1) is 22.7 Å². The van der Waals surface area contributed by atoms with Gasteiger partial charge in [0.2, 0.25) is 5.91 Å². The molecule has 3 aliphatic rings. The molecule has 6 nitrogen and oxygen atoms in total. The van der Waals surface area contributed by atoms with E-state index >= 15 is 0 Å². The van der Waals surface area contributed by atoms with Crippen LogP contribution < -0.4 is 5.73 Å². The highest BCUT2D eigenvalue weighted by atomic mass is 19.4. The van der Waals surface area contributed by atoms with Crippen molar-refractivity contribution in [3.63, 3.8) is 0 Å². The number of likely N-dealkylation sites (tertiary alicyclic amines) is 1. The minimum atomic E-state index is -5.08. The summed E-state index contributed by atoms with van der Waals surface area (Å²) >= 11 is 0. The van der Waals surface area contributed by atoms with Crippen LogP contribution in [-0.2, 0) is 9.59 Å². The molecule has 0 radical (unpaired) electrons. The summed E-state index contributed by atoms with van der Waals surface area (Å²) in [7, 11) is 0. The molecule has 1 aliphatic heterocycles. The molecule has 0 spiro atoms. The van der Waals surface area contributed by atoms with Gasteiger partial charge in [-0.25, -0.2) is 4.79 Å². The summed E-state index contributed by atoms with van der Waals surface area (Å²) in [6.07, 6.45) is 0.104. The van der Waals surface area contributed by atoms with Gasteiger partial charge in [-0.3, -0.25) is 4.79 Å². The number of carbonyl (C=O) groups is 2. The molecule has 2 saturated carbocycles. The zero-order valence-electron chi connectivity index (χ0n) is 13.2. The van der Waals surface area contributed by atoms with Gasteiger partial charge in [0.25, 0.3) is 0 Å². The van der Waals surface area contributed by atoms with Gasteiger partial charge in [-0.2, -0.15) is 18.4 Å². The number of halogens is 3. The second-order valence-corrected chi connectivity index (χ2v) is 6.98. The molecular formula is C15H20F3N3O3. The number of nitriles is 1. The zero-order chi connectivity index (χ0) is 18.3. The minimum absolute atomic E-state index is 0.0174. The molecule has 3 fully saturated rings. The van der Waals surface area contributed by atoms with Crippen LogP contribution in [-0.4, -0.2) is 46.2 Å². The van der Waals surface area contributed by atoms with E-state index in [0.717, 1.165) is 25.7 Å². The molecule has 0 aromatic rings. The van der Waals surface area contributed by atoms with Gasteiger partial charge in [0, 0.05) is 6.04 Å². The lowest BCUT2D eigenvalue weighted by Gasteiger charge is -2.44. The standard InChI is InChI=1S/C13H19N3O.C2HF3O2/c1-13(3-2-4-13)11(15)12(17)16-9(7-14)5-8-6-10(8)16;3-2(4,5)1(6)7/h8-11H,2-6,15H2,1H3;(H,6,7)/t8-,9?,10+,11?;/m1./s1. The number of amides is 1. The van der Waals surface area contributed by atoms with Crippen molar-refractivity contribution in [3.8, 4) is 6.07 Å². The third-order valence-corrected chi connectivity index (χ3v) is 5.26. The molecule has 3 rings (SSSR count). The Labute approximate surface area is 137 Å². The minimum Gasteiger partial charge on any atom is -0.475 e. The number of fused-ring (bicyclic) bond motifs is 1. The van der Waals surface area contributed by atoms with Crippen molar-refractivity contribution in [1.82, 2.24) is 4.90 Å². The molecule has 1 amide bonds. The van der Waals surface area contributed by atoms with Crippen LogP contribution in [0.4, 0.5) is 13.2 Å². The Morgan fingerprint density at radius 1 is 1.38 bits per heavy atom. The van der Waals surface area contributed by atoms with Crippen molar-refractivity contribution in [3.05, 3.63) is 0 Å². The fourth-order valence-corrected chi connectivity index (χ4v) is 3.39. The first-order chi connectivity index (χ1) is 11.0. The van der Waals surface area contributed by atoms with Gasteiger partial charge in [0.05, 0.1) is 12.1 Å². The molecular weight excluding hydrogens is 327 g/mol. The molecule has 134 valence electrons. The number of rotatable bonds is 2. The van der Waals surface area contributed by atoms with Crippen LogP contribution in [0.15, 0.2) is 0 Å². The highest BCUT2D eigenvalue weighted by molar-refractivity contribution is 5.84. The summed E-state index contributed by atoms with van der Waals surface area (Å²) in [5, 5.41) is 16.2. The number of carboxylic acid groups (broad SMARTS) is 1. The van der Waals surface area contributed by atoms with E-state index in [4.69, 9.17) is 20.9 Å². The largest absolute Gasteiger partial charge is 0.490 e. The van der Waals surface area contributed by atoms with Crippen molar-refractivity contribution in [2.24, 2.45) is 17.1 Å². The summed E-state index contributed by atoms with van der Waals surface area (Å²) in [5.41, 5.74) is 6.11. The molecule has 2 aliphatic carbocycles. The number of alkyl halides is 3. The number of hydrogen-bond acceptors (Lipinski definition) is 4. The first kappa shape index (κ1) is 18.5. The van der Waals surface area contributed by atoms with Crippen molar-refractivity contribution in [2.75, 3.05) is 0 Å². The van der Waals surface area contributed by atoms with Crippen LogP contribution in [0.25, 0.3) is 0 Å². The lowest BCUT2D eigenvalue weighted by Crippen LogP contribution is -2.56. The number of piperidine rings is 1. The van der Waals surface area contributed by atoms with Crippen molar-refractivity contribution in [2.45, 2.75) is 63.3 Å². The molecule has 1 saturated heterocycles. The van der Waals surface area contributed by atoms with Gasteiger partial charge in [0.1, 0.15) is 6.04 Å². The average Bonchev–Trinajstić information content (AvgIpc) is 3.13. The SMILES string of the molecule is CC1(C(N)C(=O)N2C(C#N)C[C@@H]3C[C@@H]32)CCC1.O=C(O)C(F)(F)F. The fraction of sp³-hybridized carbons (Fsp3) is 0.800. The van der Waals surface area contributed by atoms with Crippen molar-refractivity contribution < 1.29 is 27.9 Å². The average molecular weight is 347 g/mol. The fourth-order valence-electron chi connectivity index (χ4n) is 3.39. The van der Waals surface area contributed by atoms with Crippen LogP contribution in [0.3, 0.4) is 0 Å². The summed E-state index contributed by atoms with van der Waals surface area (Å²) in [6, 6.07) is 1.94. The Morgan fingerprint density at radius 3 is 2.29 bits per heavy atom. The smallest absolute Gasteiger partial charge is 0.475 e. The van der Waals surface area contributed by atoms with E-state index in [2.05, 4.69) is 13.0 Å². The Balaban J connectivity index is 0.000000256. The molecule has 4 atom stereocenters. The first-order valence-corrected chi connectivity index (χ1v) is 7.79. The zero-order valence-corrected chi connectivity index (χ0v) is 13.2. The predicted octanol–water partition coefficient (Wildman–Crippen LogP) is 1.65. The number of carbonyl (C=O) groups excluding carboxylic acids is 1. The predicted molar refractivity (Wildman–Crippen MR) is 76.4 cm³/mol. The van der Waals surface area contributed by atoms with Gasteiger partial charge in [-0.15, -0.1) is 0 Å². The number of nitrogens with two attached hydrogens (primary N) is 1. The normalized spacial score (nSPS) is 30.8. The molecule has 2 unspecified atom stereocenters. The Hall–Kier alpha value is -1.82. The molecule has 0 aromatic carbocycles. The second kappa shape index (κ2) is 6.24. The number of carboxylic acids is 1. The molecule has 0 aromatic heterocycles. The third-order valence-electron chi connectivity index (χ3n) is 5.26. The van der Waals surface area contributed by atoms with Gasteiger partial charge >= 0.3 is 12.1 Å². The molecule has 3 N–H and O–H groups in total. The van der Waals surface area contributed by atoms with E-state index in [1.54, 1.807) is 4.90 Å². The lowest BCUT2D eigenvalue weighted by atomic mass is 9.65. The van der Waals surface area contributed by atoms with Crippen molar-refractivity contribution >= 4 is 11.9 Å². The number of nitrogens with zero attached hydrogens (tertiary/aromatic N) is 2. The van der Waals surface area contributed by atoms with Gasteiger partial charge < -0.3 is 15.7 Å². The van der Waals surface area contributed by atoms with Gasteiger partial charge in [0.15, 0.2) is 0 Å². The number of hydrogen-bond donors (Lipinski definition) is 2. The Kier molecular flexibility index (Phi) is 4.81. The molecule has 24 heavy (non-hydrogen) atoms. The summed E-state index contributed by atoms with van der Waals surface area (Å²) in [4.78, 5) is 23.1. The maximum Gasteiger partial charge on any atom is 0.490 e. The van der Waals surface area contributed by atoms with Gasteiger partial charge in [-0.1, -0.05) is 13.3 Å². The number of aliphatic carboxylic acids is 1. The van der Waals surface area contributed by atoms with Gasteiger partial charge in [-0.05, 0) is 37.0 Å². The summed E-state index contributed by atoms with van der Waals surface area (Å²) in [6.45, 7) is 2.10. The van der Waals surface area contributed by atoms with E-state index < -0.39 is 18.2 Å². The monoisotopic (exact) mass is 347 g/mol. The maximum absolute atomic E-state index is 12.4. The Morgan fingerprint density at radius 2 is 1.92 bits per heavy atom. The van der Waals surface area contributed by atoms with Crippen LogP contribution in [0.5, 0.6) is 0 Å². The lowest BCUT2D eigenvalue weighted by molar-refractivity contribution is -0.192. The maximum atomic E-state index is 12.4. The first-order valence-electron chi connectivity index (χ1n) is 7.79. The van der Waals surface area contributed by atoms with Crippen LogP contribution in [0.1, 0.15) is 39.0 Å². The molecule has 9 heteroatoms. The van der Waals surface area contributed by atoms with Crippen LogP contribution in [0.2, 0.25) is 0 Å². The van der Waals surface area contributed by atoms with E-state index in [1.807, 2.05) is 0 Å². The molecule has 0 bridgehead atoms. The Bertz CT molecular complexity index is 569. The van der Waals surface area contributed by atoms with E-state index in [9.17, 15) is 18.0 Å². The summed E-state index contributed by atoms with van der Waals surface area (Å²) < 4.78 is 31.7. The third kappa shape index (κ3) is 3.48. The highest BCUT2D eigenvalue weighted by Gasteiger charge is 2.56. The summed E-state index contributed by atoms with van der Waals surface area (Å²) in [5.74, 6) is -2.17. The van der Waals surface area contributed by atoms with E-state index in [0.29, 0.717) is 12.0 Å². The highest BCUT2D eigenvalue weighted by Crippen LogP contribution is 2.49. The molecule has 1 heterocycles. The quantitative estimate of drug-likeness (QED) is 0.790. The van der Waals surface area contributed by atoms with E-state index in [1.165, 1.54) is 6.42 Å². The second-order valence-electron chi connectivity index (χ2n) is 6.98. The van der Waals surface area contributed by atoms with E-state index in [-0.39, 0.29) is 17.4 Å².